The van der Waals surface area contributed by atoms with Gasteiger partial charge in [-0.3, -0.25) is 4.79 Å². The van der Waals surface area contributed by atoms with Crippen LogP contribution in [-0.2, 0) is 6.42 Å². The Labute approximate surface area is 119 Å². The van der Waals surface area contributed by atoms with Crippen LogP contribution in [-0.4, -0.2) is 19.0 Å². The van der Waals surface area contributed by atoms with E-state index in [2.05, 4.69) is 6.07 Å². The number of hydrogen-bond acceptors (Lipinski definition) is 4. The lowest BCUT2D eigenvalue weighted by Gasteiger charge is -2.14. The maximum atomic E-state index is 12.5. The highest BCUT2D eigenvalue weighted by molar-refractivity contribution is 6.01. The van der Waals surface area contributed by atoms with E-state index in [-0.39, 0.29) is 24.2 Å². The second kappa shape index (κ2) is 5.96. The Kier molecular flexibility index (Phi) is 4.29. The van der Waals surface area contributed by atoms with Crippen molar-refractivity contribution in [2.45, 2.75) is 39.2 Å². The zero-order valence-corrected chi connectivity index (χ0v) is 12.1. The number of ketones is 1. The highest BCUT2D eigenvalue weighted by atomic mass is 16.5. The number of carbonyl (C=O) groups is 1. The van der Waals surface area contributed by atoms with Crippen LogP contribution in [0.2, 0.25) is 0 Å². The summed E-state index contributed by atoms with van der Waals surface area (Å²) >= 11 is 0. The van der Waals surface area contributed by atoms with Crippen LogP contribution in [0.3, 0.4) is 0 Å². The fourth-order valence-electron chi connectivity index (χ4n) is 2.55. The van der Waals surface area contributed by atoms with Crippen molar-refractivity contribution in [3.8, 4) is 17.6 Å². The number of benzene rings is 1. The zero-order chi connectivity index (χ0) is 14.7. The molecule has 0 bridgehead atoms. The molecule has 4 nitrogen and oxygen atoms in total. The number of hydrogen-bond donors (Lipinski definition) is 0. The molecule has 0 fully saturated rings. The molecule has 0 spiro atoms. The van der Waals surface area contributed by atoms with E-state index in [9.17, 15) is 4.79 Å². The fourth-order valence-corrected chi connectivity index (χ4v) is 2.55. The molecule has 1 aromatic rings. The summed E-state index contributed by atoms with van der Waals surface area (Å²) < 4.78 is 11.0. The molecule has 0 N–H and O–H groups in total. The van der Waals surface area contributed by atoms with Crippen LogP contribution < -0.4 is 9.47 Å². The summed E-state index contributed by atoms with van der Waals surface area (Å²) in [6.45, 7) is 3.91. The molecule has 1 aliphatic heterocycles. The Morgan fingerprint density at radius 1 is 1.60 bits per heavy atom. The number of rotatable bonds is 5. The number of Topliss-reactive ketones (excluding diaryl/α,β-unsaturated/α-hetero) is 1. The van der Waals surface area contributed by atoms with Crippen molar-refractivity contribution < 1.29 is 14.3 Å². The van der Waals surface area contributed by atoms with Crippen LogP contribution in [0.5, 0.6) is 11.5 Å². The summed E-state index contributed by atoms with van der Waals surface area (Å²) in [5.41, 5.74) is 1.58. The predicted octanol–water partition coefficient (Wildman–Crippen LogP) is 3.14. The maximum Gasteiger partial charge on any atom is 0.170 e. The lowest BCUT2D eigenvalue weighted by Crippen LogP contribution is -2.14. The first-order valence-corrected chi connectivity index (χ1v) is 6.89. The third-order valence-electron chi connectivity index (χ3n) is 3.68. The molecule has 4 heteroatoms. The molecular formula is C16H19NO3. The molecule has 0 aliphatic carbocycles. The van der Waals surface area contributed by atoms with Crippen LogP contribution in [0.4, 0.5) is 0 Å². The molecule has 0 saturated heterocycles. The van der Waals surface area contributed by atoms with E-state index in [0.717, 1.165) is 17.7 Å². The molecule has 0 saturated carbocycles. The van der Waals surface area contributed by atoms with Crippen molar-refractivity contribution >= 4 is 5.78 Å². The van der Waals surface area contributed by atoms with E-state index in [1.165, 1.54) is 0 Å². The Morgan fingerprint density at radius 2 is 2.35 bits per heavy atom. The molecule has 1 heterocycles. The van der Waals surface area contributed by atoms with Gasteiger partial charge >= 0.3 is 0 Å². The van der Waals surface area contributed by atoms with Gasteiger partial charge in [0.15, 0.2) is 5.78 Å². The topological polar surface area (TPSA) is 59.3 Å². The third-order valence-corrected chi connectivity index (χ3v) is 3.68. The number of nitriles is 1. The molecular weight excluding hydrogens is 254 g/mol. The molecule has 106 valence electrons. The Hall–Kier alpha value is -2.02. The van der Waals surface area contributed by atoms with Crippen molar-refractivity contribution in [1.82, 2.24) is 0 Å². The van der Waals surface area contributed by atoms with Crippen LogP contribution >= 0.6 is 0 Å². The average molecular weight is 273 g/mol. The van der Waals surface area contributed by atoms with E-state index in [1.54, 1.807) is 13.2 Å². The summed E-state index contributed by atoms with van der Waals surface area (Å²) in [5.74, 6) is 0.999. The molecule has 0 radical (unpaired) electrons. The molecule has 0 aromatic heterocycles. The Morgan fingerprint density at radius 3 is 2.95 bits per heavy atom. The van der Waals surface area contributed by atoms with Crippen LogP contribution in [0.15, 0.2) is 12.1 Å². The van der Waals surface area contributed by atoms with Crippen LogP contribution in [0, 0.1) is 17.2 Å². The van der Waals surface area contributed by atoms with Gasteiger partial charge in [-0.1, -0.05) is 6.92 Å². The van der Waals surface area contributed by atoms with Gasteiger partial charge in [-0.15, -0.1) is 0 Å². The maximum absolute atomic E-state index is 12.5. The van der Waals surface area contributed by atoms with E-state index in [4.69, 9.17) is 14.7 Å². The lowest BCUT2D eigenvalue weighted by atomic mass is 9.91. The molecule has 1 aromatic carbocycles. The fraction of sp³-hybridized carbons (Fsp3) is 0.500. The number of nitrogens with zero attached hydrogens (tertiary/aromatic N) is 1. The van der Waals surface area contributed by atoms with E-state index < -0.39 is 0 Å². The highest BCUT2D eigenvalue weighted by Crippen LogP contribution is 2.36. The van der Waals surface area contributed by atoms with Gasteiger partial charge in [-0.05, 0) is 25.5 Å². The van der Waals surface area contributed by atoms with Crippen molar-refractivity contribution in [3.05, 3.63) is 23.3 Å². The molecule has 2 rings (SSSR count). The van der Waals surface area contributed by atoms with Crippen molar-refractivity contribution in [2.75, 3.05) is 7.11 Å². The van der Waals surface area contributed by atoms with Gasteiger partial charge < -0.3 is 9.47 Å². The minimum absolute atomic E-state index is 0.0446. The number of methoxy groups -OCH3 is 1. The van der Waals surface area contributed by atoms with Gasteiger partial charge in [0.25, 0.3) is 0 Å². The lowest BCUT2D eigenvalue weighted by molar-refractivity contribution is 0.0915. The van der Waals surface area contributed by atoms with Crippen LogP contribution in [0.25, 0.3) is 0 Å². The third kappa shape index (κ3) is 2.62. The molecule has 2 atom stereocenters. The highest BCUT2D eigenvalue weighted by Gasteiger charge is 2.27. The second-order valence-electron chi connectivity index (χ2n) is 5.12. The van der Waals surface area contributed by atoms with Crippen molar-refractivity contribution in [1.29, 1.82) is 5.26 Å². The zero-order valence-electron chi connectivity index (χ0n) is 12.1. The Balaban J connectivity index is 2.39. The minimum atomic E-state index is -0.286. The molecule has 1 aliphatic rings. The van der Waals surface area contributed by atoms with Crippen molar-refractivity contribution in [3.63, 3.8) is 0 Å². The van der Waals surface area contributed by atoms with Gasteiger partial charge in [0.2, 0.25) is 0 Å². The standard InChI is InChI=1S/C16H19NO3/c1-4-11(5-6-17)16(18)13-9-14-12(7-10(2)20-14)8-15(13)19-3/h8-11H,4-5,7H2,1-3H3. The van der Waals surface area contributed by atoms with Gasteiger partial charge in [0.05, 0.1) is 18.7 Å². The average Bonchev–Trinajstić information content (AvgIpc) is 2.81. The number of ether oxygens (including phenoxy) is 2. The van der Waals surface area contributed by atoms with E-state index in [1.807, 2.05) is 19.9 Å². The first-order valence-electron chi connectivity index (χ1n) is 6.89. The Bertz CT molecular complexity index is 560. The second-order valence-corrected chi connectivity index (χ2v) is 5.12. The molecule has 20 heavy (non-hydrogen) atoms. The van der Waals surface area contributed by atoms with E-state index in [0.29, 0.717) is 17.7 Å². The summed E-state index contributed by atoms with van der Waals surface area (Å²) in [7, 11) is 1.56. The number of fused-ring (bicyclic) bond motifs is 1. The van der Waals surface area contributed by atoms with Gasteiger partial charge in [0.1, 0.15) is 17.6 Å². The summed E-state index contributed by atoms with van der Waals surface area (Å²) in [4.78, 5) is 12.5. The van der Waals surface area contributed by atoms with E-state index >= 15 is 0 Å². The largest absolute Gasteiger partial charge is 0.496 e. The van der Waals surface area contributed by atoms with Gasteiger partial charge in [-0.25, -0.2) is 0 Å². The quantitative estimate of drug-likeness (QED) is 0.773. The van der Waals surface area contributed by atoms with Crippen LogP contribution in [0.1, 0.15) is 42.6 Å². The number of carbonyl (C=O) groups excluding carboxylic acids is 1. The first-order chi connectivity index (χ1) is 9.60. The molecule has 2 unspecified atom stereocenters. The minimum Gasteiger partial charge on any atom is -0.496 e. The normalized spacial score (nSPS) is 17.8. The van der Waals surface area contributed by atoms with Gasteiger partial charge in [-0.2, -0.15) is 5.26 Å². The smallest absolute Gasteiger partial charge is 0.170 e. The van der Waals surface area contributed by atoms with Gasteiger partial charge in [0, 0.05) is 24.3 Å². The monoisotopic (exact) mass is 273 g/mol. The predicted molar refractivity (Wildman–Crippen MR) is 75.1 cm³/mol. The SMILES string of the molecule is CCC(CC#N)C(=O)c1cc2c(cc1OC)CC(C)O2. The summed E-state index contributed by atoms with van der Waals surface area (Å²) in [6, 6.07) is 5.72. The summed E-state index contributed by atoms with van der Waals surface area (Å²) in [6.07, 6.45) is 1.83. The first kappa shape index (κ1) is 14.4. The molecule has 0 amide bonds. The van der Waals surface area contributed by atoms with Crippen molar-refractivity contribution in [2.24, 2.45) is 5.92 Å². The summed E-state index contributed by atoms with van der Waals surface area (Å²) in [5, 5.41) is 8.82.